The minimum Gasteiger partial charge on any atom is -0.394 e. The molecule has 0 bridgehead atoms. The Labute approximate surface area is 370 Å². The third-order valence-corrected chi connectivity index (χ3v) is 13.2. The van der Waals surface area contributed by atoms with E-state index < -0.39 is 24.2 Å². The second-order valence-electron chi connectivity index (χ2n) is 19.2. The van der Waals surface area contributed by atoms with Crippen molar-refractivity contribution in [2.24, 2.45) is 0 Å². The van der Waals surface area contributed by atoms with Crippen LogP contribution in [0, 0.1) is 0 Å². The van der Waals surface area contributed by atoms with Gasteiger partial charge in [0, 0.05) is 0 Å². The van der Waals surface area contributed by atoms with Gasteiger partial charge in [-0.2, -0.15) is 0 Å². The van der Waals surface area contributed by atoms with Gasteiger partial charge in [-0.25, -0.2) is 0 Å². The zero-order valence-corrected chi connectivity index (χ0v) is 40.4. The van der Waals surface area contributed by atoms with Gasteiger partial charge in [-0.3, -0.25) is 4.79 Å². The Hall–Kier alpha value is -0.650. The molecule has 1 amide bonds. The van der Waals surface area contributed by atoms with Gasteiger partial charge < -0.3 is 20.6 Å². The number of unbranched alkanes of at least 4 members (excludes halogenated alkanes) is 43. The van der Waals surface area contributed by atoms with Gasteiger partial charge in [-0.15, -0.1) is 0 Å². The number of carbonyl (C=O) groups is 1. The van der Waals surface area contributed by atoms with Crippen LogP contribution in [0.15, 0.2) is 0 Å². The molecule has 0 aliphatic rings. The molecule has 4 N–H and O–H groups in total. The highest BCUT2D eigenvalue weighted by Gasteiger charge is 2.23. The normalized spacial score (nSPS) is 13.2. The molecule has 3 atom stereocenters. The molecule has 0 saturated carbocycles. The molecule has 0 aliphatic carbocycles. The van der Waals surface area contributed by atoms with E-state index in [1.807, 2.05) is 0 Å². The maximum absolute atomic E-state index is 12.5. The maximum Gasteiger partial charge on any atom is 0.249 e. The predicted octanol–water partition coefficient (Wildman–Crippen LogP) is 16.6. The monoisotopic (exact) mass is 836 g/mol. The summed E-state index contributed by atoms with van der Waals surface area (Å²) in [5.74, 6) is -0.463. The first-order chi connectivity index (χ1) is 29.1. The Kier molecular flexibility index (Phi) is 49.4. The van der Waals surface area contributed by atoms with Crippen LogP contribution in [-0.4, -0.2) is 46.1 Å². The Morgan fingerprint density at radius 3 is 0.763 bits per heavy atom. The summed E-state index contributed by atoms with van der Waals surface area (Å²) in [6.07, 6.45) is 60.1. The van der Waals surface area contributed by atoms with Crippen molar-refractivity contribution in [3.8, 4) is 0 Å². The van der Waals surface area contributed by atoms with Crippen LogP contribution < -0.4 is 5.32 Å². The van der Waals surface area contributed by atoms with Crippen LogP contribution >= 0.6 is 0 Å². The van der Waals surface area contributed by atoms with Crippen LogP contribution in [0.2, 0.25) is 0 Å². The van der Waals surface area contributed by atoms with E-state index in [1.54, 1.807) is 0 Å². The van der Waals surface area contributed by atoms with Gasteiger partial charge in [0.1, 0.15) is 6.10 Å². The fraction of sp³-hybridized carbons (Fsp3) is 0.981. The maximum atomic E-state index is 12.5. The number of carbonyl (C=O) groups excluding carboxylic acids is 1. The van der Waals surface area contributed by atoms with Crippen LogP contribution in [0.5, 0.6) is 0 Å². The molecule has 354 valence electrons. The van der Waals surface area contributed by atoms with E-state index in [2.05, 4.69) is 19.2 Å². The Morgan fingerprint density at radius 1 is 0.339 bits per heavy atom. The smallest absolute Gasteiger partial charge is 0.249 e. The van der Waals surface area contributed by atoms with Gasteiger partial charge in [0.25, 0.3) is 0 Å². The molecule has 3 unspecified atom stereocenters. The number of hydrogen-bond donors (Lipinski definition) is 4. The summed E-state index contributed by atoms with van der Waals surface area (Å²) >= 11 is 0. The Bertz CT molecular complexity index is 792. The van der Waals surface area contributed by atoms with E-state index in [1.165, 1.54) is 257 Å². The summed E-state index contributed by atoms with van der Waals surface area (Å²) in [5.41, 5.74) is 0. The number of aliphatic hydroxyl groups excluding tert-OH is 3. The molecular formula is C54H109NO4. The average molecular weight is 836 g/mol. The molecule has 0 rings (SSSR count). The second kappa shape index (κ2) is 50.0. The third-order valence-electron chi connectivity index (χ3n) is 13.2. The lowest BCUT2D eigenvalue weighted by Crippen LogP contribution is -2.49. The minimum atomic E-state index is -1.07. The minimum absolute atomic E-state index is 0.308. The zero-order valence-electron chi connectivity index (χ0n) is 40.4. The summed E-state index contributed by atoms with van der Waals surface area (Å²) in [6, 6.07) is -0.706. The number of aliphatic hydroxyl groups is 3. The standard InChI is InChI=1S/C54H109NO4/c1-3-5-7-9-11-13-15-17-19-20-21-22-23-24-25-26-27-28-29-30-31-32-33-35-37-39-41-43-45-47-49-53(58)54(59)55-51(50-56)52(57)48-46-44-42-40-38-36-34-18-16-14-12-10-8-6-4-2/h51-53,56-58H,3-50H2,1-2H3,(H,55,59). The highest BCUT2D eigenvalue weighted by Crippen LogP contribution is 2.18. The van der Waals surface area contributed by atoms with Crippen molar-refractivity contribution < 1.29 is 20.1 Å². The summed E-state index contributed by atoms with van der Waals surface area (Å²) in [5, 5.41) is 33.5. The fourth-order valence-electron chi connectivity index (χ4n) is 8.96. The second-order valence-corrected chi connectivity index (χ2v) is 19.2. The SMILES string of the molecule is CCCCCCCCCCCCCCCCCCCCCCCCCCCCCCCCC(O)C(=O)NC(CO)C(O)CCCCCCCCCCCCCCCCC. The van der Waals surface area contributed by atoms with Gasteiger partial charge in [-0.1, -0.05) is 303 Å². The van der Waals surface area contributed by atoms with E-state index in [-0.39, 0.29) is 6.61 Å². The Morgan fingerprint density at radius 2 is 0.542 bits per heavy atom. The van der Waals surface area contributed by atoms with Crippen molar-refractivity contribution in [3.63, 3.8) is 0 Å². The zero-order chi connectivity index (χ0) is 43.0. The number of amides is 1. The van der Waals surface area contributed by atoms with Crippen LogP contribution in [0.3, 0.4) is 0 Å². The highest BCUT2D eigenvalue weighted by molar-refractivity contribution is 5.80. The summed E-state index contributed by atoms with van der Waals surface area (Å²) in [6.45, 7) is 4.27. The van der Waals surface area contributed by atoms with Gasteiger partial charge in [0.05, 0.1) is 18.8 Å². The van der Waals surface area contributed by atoms with Crippen LogP contribution in [0.4, 0.5) is 0 Å². The molecule has 0 saturated heterocycles. The summed E-state index contributed by atoms with van der Waals surface area (Å²) in [7, 11) is 0. The fourth-order valence-corrected chi connectivity index (χ4v) is 8.96. The quantitative estimate of drug-likeness (QED) is 0.0460. The molecule has 0 aliphatic heterocycles. The highest BCUT2D eigenvalue weighted by atomic mass is 16.3. The number of nitrogens with one attached hydrogen (secondary N) is 1. The molecule has 5 nitrogen and oxygen atoms in total. The first kappa shape index (κ1) is 58.4. The predicted molar refractivity (Wildman–Crippen MR) is 259 cm³/mol. The molecule has 0 radical (unpaired) electrons. The molecular weight excluding hydrogens is 727 g/mol. The lowest BCUT2D eigenvalue weighted by molar-refractivity contribution is -0.131. The average Bonchev–Trinajstić information content (AvgIpc) is 3.24. The molecule has 0 aromatic carbocycles. The molecule has 0 aromatic rings. The Balaban J connectivity index is 3.45. The lowest BCUT2D eigenvalue weighted by Gasteiger charge is -2.23. The van der Waals surface area contributed by atoms with E-state index >= 15 is 0 Å². The molecule has 0 spiro atoms. The molecule has 0 heterocycles. The number of hydrogen-bond acceptors (Lipinski definition) is 4. The van der Waals surface area contributed by atoms with Crippen molar-refractivity contribution in [2.75, 3.05) is 6.61 Å². The van der Waals surface area contributed by atoms with E-state index in [4.69, 9.17) is 0 Å². The van der Waals surface area contributed by atoms with Crippen molar-refractivity contribution >= 4 is 5.91 Å². The summed E-state index contributed by atoms with van der Waals surface area (Å²) < 4.78 is 0. The van der Waals surface area contributed by atoms with Gasteiger partial charge in [0.15, 0.2) is 0 Å². The number of rotatable bonds is 51. The van der Waals surface area contributed by atoms with Gasteiger partial charge in [0.2, 0.25) is 5.91 Å². The van der Waals surface area contributed by atoms with Crippen molar-refractivity contribution in [1.82, 2.24) is 5.32 Å². The van der Waals surface area contributed by atoms with Crippen molar-refractivity contribution in [1.29, 1.82) is 0 Å². The molecule has 5 heteroatoms. The lowest BCUT2D eigenvalue weighted by atomic mass is 10.0. The van der Waals surface area contributed by atoms with Gasteiger partial charge >= 0.3 is 0 Å². The van der Waals surface area contributed by atoms with Gasteiger partial charge in [-0.05, 0) is 12.8 Å². The van der Waals surface area contributed by atoms with Crippen LogP contribution in [0.1, 0.15) is 316 Å². The van der Waals surface area contributed by atoms with E-state index in [9.17, 15) is 20.1 Å². The molecule has 0 fully saturated rings. The first-order valence-electron chi connectivity index (χ1n) is 27.3. The topological polar surface area (TPSA) is 89.8 Å². The van der Waals surface area contributed by atoms with Crippen molar-refractivity contribution in [3.05, 3.63) is 0 Å². The summed E-state index contributed by atoms with van der Waals surface area (Å²) in [4.78, 5) is 12.5. The largest absolute Gasteiger partial charge is 0.394 e. The molecule has 0 aromatic heterocycles. The third kappa shape index (κ3) is 45.2. The van der Waals surface area contributed by atoms with E-state index in [0.29, 0.717) is 12.8 Å². The van der Waals surface area contributed by atoms with E-state index in [0.717, 1.165) is 32.1 Å². The van der Waals surface area contributed by atoms with Crippen LogP contribution in [0.25, 0.3) is 0 Å². The molecule has 59 heavy (non-hydrogen) atoms. The first-order valence-corrected chi connectivity index (χ1v) is 27.3. The van der Waals surface area contributed by atoms with Crippen LogP contribution in [-0.2, 0) is 4.79 Å². The van der Waals surface area contributed by atoms with Crippen molar-refractivity contribution in [2.45, 2.75) is 334 Å².